The first-order chi connectivity index (χ1) is 9.65. The van der Waals surface area contributed by atoms with Crippen molar-refractivity contribution in [3.8, 4) is 0 Å². The predicted octanol–water partition coefficient (Wildman–Crippen LogP) is 3.64. The molecule has 1 amide bonds. The number of amides is 1. The number of carboxylic acid groups (broad SMARTS) is 1. The van der Waals surface area contributed by atoms with Crippen molar-refractivity contribution in [2.45, 2.75) is 25.7 Å². The highest BCUT2D eigenvalue weighted by atomic mass is 32.1. The van der Waals surface area contributed by atoms with E-state index < -0.39 is 5.97 Å². The van der Waals surface area contributed by atoms with Gasteiger partial charge in [0.1, 0.15) is 4.88 Å². The summed E-state index contributed by atoms with van der Waals surface area (Å²) >= 11 is 2.63. The van der Waals surface area contributed by atoms with Crippen LogP contribution in [0.1, 0.15) is 42.6 Å². The molecule has 1 aliphatic carbocycles. The topological polar surface area (TPSA) is 66.4 Å². The maximum absolute atomic E-state index is 12.2. The van der Waals surface area contributed by atoms with Crippen molar-refractivity contribution in [2.24, 2.45) is 0 Å². The van der Waals surface area contributed by atoms with E-state index in [0.29, 0.717) is 10.6 Å². The van der Waals surface area contributed by atoms with E-state index in [1.807, 2.05) is 6.07 Å². The van der Waals surface area contributed by atoms with E-state index in [-0.39, 0.29) is 10.8 Å². The quantitative estimate of drug-likeness (QED) is 0.909. The Bertz CT molecular complexity index is 648. The summed E-state index contributed by atoms with van der Waals surface area (Å²) in [5.41, 5.74) is 1.65. The van der Waals surface area contributed by atoms with Crippen molar-refractivity contribution in [1.82, 2.24) is 0 Å². The molecule has 0 saturated carbocycles. The van der Waals surface area contributed by atoms with Gasteiger partial charge in [-0.2, -0.15) is 0 Å². The lowest BCUT2D eigenvalue weighted by Crippen LogP contribution is -2.12. The molecule has 6 heteroatoms. The van der Waals surface area contributed by atoms with Gasteiger partial charge in [0.15, 0.2) is 0 Å². The van der Waals surface area contributed by atoms with Crippen LogP contribution in [0.3, 0.4) is 0 Å². The number of fused-ring (bicyclic) bond motifs is 1. The van der Waals surface area contributed by atoms with Gasteiger partial charge in [-0.3, -0.25) is 4.79 Å². The van der Waals surface area contributed by atoms with Crippen molar-refractivity contribution < 1.29 is 14.7 Å². The average molecular weight is 307 g/mol. The number of carbonyl (C=O) groups is 2. The summed E-state index contributed by atoms with van der Waals surface area (Å²) < 4.78 is 0. The Morgan fingerprint density at radius 3 is 2.80 bits per heavy atom. The van der Waals surface area contributed by atoms with Gasteiger partial charge >= 0.3 is 5.97 Å². The number of carboxylic acids is 1. The first-order valence-corrected chi connectivity index (χ1v) is 8.08. The van der Waals surface area contributed by atoms with Crippen molar-refractivity contribution in [1.29, 1.82) is 0 Å². The fraction of sp³-hybridized carbons (Fsp3) is 0.286. The number of anilines is 1. The Kier molecular flexibility index (Phi) is 3.58. The highest BCUT2D eigenvalue weighted by Crippen LogP contribution is 2.30. The Hall–Kier alpha value is -1.66. The molecule has 0 atom stereocenters. The molecule has 0 aliphatic heterocycles. The molecule has 2 aromatic heterocycles. The van der Waals surface area contributed by atoms with E-state index >= 15 is 0 Å². The van der Waals surface area contributed by atoms with Gasteiger partial charge in [0.05, 0.1) is 10.6 Å². The van der Waals surface area contributed by atoms with Crippen LogP contribution < -0.4 is 5.32 Å². The minimum atomic E-state index is -1.01. The molecule has 3 rings (SSSR count). The van der Waals surface area contributed by atoms with E-state index in [0.717, 1.165) is 24.2 Å². The summed E-state index contributed by atoms with van der Waals surface area (Å²) in [6.45, 7) is 0. The second kappa shape index (κ2) is 5.38. The second-order valence-corrected chi connectivity index (χ2v) is 6.74. The summed E-state index contributed by atoms with van der Waals surface area (Å²) in [5.74, 6) is -1.23. The number of hydrogen-bond donors (Lipinski definition) is 2. The normalized spacial score (nSPS) is 13.8. The van der Waals surface area contributed by atoms with Crippen LogP contribution in [0.4, 0.5) is 5.69 Å². The average Bonchev–Trinajstić information content (AvgIpc) is 3.03. The Morgan fingerprint density at radius 2 is 2.05 bits per heavy atom. The molecule has 104 valence electrons. The van der Waals surface area contributed by atoms with E-state index in [9.17, 15) is 9.59 Å². The molecular formula is C14H13NO3S2. The number of aromatic carboxylic acids is 1. The van der Waals surface area contributed by atoms with Crippen LogP contribution in [0.5, 0.6) is 0 Å². The third-order valence-electron chi connectivity index (χ3n) is 3.33. The van der Waals surface area contributed by atoms with Gasteiger partial charge < -0.3 is 10.4 Å². The number of rotatable bonds is 3. The maximum Gasteiger partial charge on any atom is 0.348 e. The Morgan fingerprint density at radius 1 is 1.25 bits per heavy atom. The minimum Gasteiger partial charge on any atom is -0.477 e. The number of carbonyl (C=O) groups excluding carboxylic acids is 1. The van der Waals surface area contributed by atoms with Crippen molar-refractivity contribution >= 4 is 40.2 Å². The molecule has 0 bridgehead atoms. The molecule has 4 nitrogen and oxygen atoms in total. The molecule has 1 aliphatic rings. The molecule has 0 radical (unpaired) electrons. The number of aryl methyl sites for hydroxylation is 2. The molecule has 20 heavy (non-hydrogen) atoms. The second-order valence-electron chi connectivity index (χ2n) is 4.69. The lowest BCUT2D eigenvalue weighted by molar-refractivity contribution is 0.0703. The Labute approximate surface area is 124 Å². The first-order valence-electron chi connectivity index (χ1n) is 6.39. The van der Waals surface area contributed by atoms with Crippen molar-refractivity contribution in [3.63, 3.8) is 0 Å². The highest BCUT2D eigenvalue weighted by molar-refractivity contribution is 7.14. The van der Waals surface area contributed by atoms with Gasteiger partial charge in [0.25, 0.3) is 5.91 Å². The van der Waals surface area contributed by atoms with Crippen LogP contribution in [0, 0.1) is 0 Å². The van der Waals surface area contributed by atoms with E-state index in [2.05, 4.69) is 5.32 Å². The fourth-order valence-electron chi connectivity index (χ4n) is 2.36. The van der Waals surface area contributed by atoms with Gasteiger partial charge in [-0.25, -0.2) is 4.79 Å². The first kappa shape index (κ1) is 13.3. The van der Waals surface area contributed by atoms with Crippen LogP contribution in [-0.2, 0) is 12.8 Å². The molecule has 0 fully saturated rings. The van der Waals surface area contributed by atoms with Gasteiger partial charge in [0.2, 0.25) is 0 Å². The van der Waals surface area contributed by atoms with E-state index in [4.69, 9.17) is 5.11 Å². The maximum atomic E-state index is 12.2. The van der Waals surface area contributed by atoms with Gasteiger partial charge in [-0.1, -0.05) is 0 Å². The van der Waals surface area contributed by atoms with Crippen LogP contribution >= 0.6 is 22.7 Å². The number of hydrogen-bond acceptors (Lipinski definition) is 4. The third kappa shape index (κ3) is 2.48. The summed E-state index contributed by atoms with van der Waals surface area (Å²) in [7, 11) is 0. The van der Waals surface area contributed by atoms with E-state index in [1.165, 1.54) is 34.6 Å². The zero-order valence-corrected chi connectivity index (χ0v) is 12.3. The summed E-state index contributed by atoms with van der Waals surface area (Å²) in [5, 5.41) is 13.4. The Balaban J connectivity index is 1.81. The molecule has 0 unspecified atom stereocenters. The van der Waals surface area contributed by atoms with Gasteiger partial charge in [0, 0.05) is 4.88 Å². The summed E-state index contributed by atoms with van der Waals surface area (Å²) in [4.78, 5) is 25.4. The predicted molar refractivity (Wildman–Crippen MR) is 80.2 cm³/mol. The minimum absolute atomic E-state index is 0.166. The van der Waals surface area contributed by atoms with Crippen molar-refractivity contribution in [2.75, 3.05) is 5.32 Å². The zero-order valence-electron chi connectivity index (χ0n) is 10.6. The molecule has 0 spiro atoms. The number of thiophene rings is 2. The molecule has 2 aromatic rings. The smallest absolute Gasteiger partial charge is 0.348 e. The van der Waals surface area contributed by atoms with Crippen molar-refractivity contribution in [3.05, 3.63) is 37.7 Å². The monoisotopic (exact) mass is 307 g/mol. The standard InChI is InChI=1S/C14H13NO3S2/c16-13(15-9-5-6-19-12(9)14(17)18)11-7-8-3-1-2-4-10(8)20-11/h5-7H,1-4H2,(H,15,16)(H,17,18). The molecule has 2 N–H and O–H groups in total. The number of nitrogens with one attached hydrogen (secondary N) is 1. The molecule has 0 saturated heterocycles. The largest absolute Gasteiger partial charge is 0.477 e. The van der Waals surface area contributed by atoms with Crippen LogP contribution in [0.25, 0.3) is 0 Å². The van der Waals surface area contributed by atoms with Gasteiger partial charge in [-0.05, 0) is 48.8 Å². The van der Waals surface area contributed by atoms with Crippen LogP contribution in [0.15, 0.2) is 17.5 Å². The van der Waals surface area contributed by atoms with E-state index in [1.54, 1.807) is 11.4 Å². The summed E-state index contributed by atoms with van der Waals surface area (Å²) in [6, 6.07) is 3.57. The zero-order chi connectivity index (χ0) is 14.1. The summed E-state index contributed by atoms with van der Waals surface area (Å²) in [6.07, 6.45) is 4.45. The SMILES string of the molecule is O=C(Nc1ccsc1C(=O)O)c1cc2c(s1)CCCC2. The van der Waals surface area contributed by atoms with Crippen LogP contribution in [0.2, 0.25) is 0 Å². The fourth-order valence-corrected chi connectivity index (χ4v) is 4.20. The van der Waals surface area contributed by atoms with Gasteiger partial charge in [-0.15, -0.1) is 22.7 Å². The molecule has 0 aromatic carbocycles. The van der Waals surface area contributed by atoms with Crippen LogP contribution in [-0.4, -0.2) is 17.0 Å². The lowest BCUT2D eigenvalue weighted by Gasteiger charge is -2.08. The lowest BCUT2D eigenvalue weighted by atomic mass is 9.99. The molecular weight excluding hydrogens is 294 g/mol. The highest BCUT2D eigenvalue weighted by Gasteiger charge is 2.19. The third-order valence-corrected chi connectivity index (χ3v) is 5.47. The molecule has 2 heterocycles.